The van der Waals surface area contributed by atoms with Gasteiger partial charge in [-0.1, -0.05) is 60.7 Å². The molecule has 1 heterocycles. The highest BCUT2D eigenvalue weighted by atomic mass is 32.2. The number of nitrogens with zero attached hydrogens (tertiary/aromatic N) is 1. The molecule has 0 saturated carbocycles. The molecule has 0 aromatic heterocycles. The lowest BCUT2D eigenvalue weighted by Crippen LogP contribution is -2.67. The fraction of sp³-hybridized carbons (Fsp3) is 0.269. The van der Waals surface area contributed by atoms with Gasteiger partial charge in [0.25, 0.3) is 0 Å². The van der Waals surface area contributed by atoms with Crippen molar-refractivity contribution in [2.75, 3.05) is 18.8 Å². The van der Waals surface area contributed by atoms with Crippen LogP contribution in [-0.4, -0.2) is 43.7 Å². The van der Waals surface area contributed by atoms with Crippen molar-refractivity contribution < 1.29 is 26.7 Å². The molecule has 0 N–H and O–H groups in total. The molecule has 4 rings (SSSR count). The lowest BCUT2D eigenvalue weighted by Gasteiger charge is -2.52. The van der Waals surface area contributed by atoms with Gasteiger partial charge >= 0.3 is 5.97 Å². The minimum atomic E-state index is -3.85. The van der Waals surface area contributed by atoms with Gasteiger partial charge in [0.05, 0.1) is 17.5 Å². The Balaban J connectivity index is 1.57. The first-order chi connectivity index (χ1) is 16.1. The number of carbonyl (C=O) groups excluding carboxylic acids is 1. The predicted molar refractivity (Wildman–Crippen MR) is 125 cm³/mol. The van der Waals surface area contributed by atoms with Gasteiger partial charge in [0.1, 0.15) is 11.6 Å². The zero-order chi connectivity index (χ0) is 24.3. The summed E-state index contributed by atoms with van der Waals surface area (Å²) in [5.74, 6) is -3.26. The molecule has 0 radical (unpaired) electrons. The third kappa shape index (κ3) is 5.69. The van der Waals surface area contributed by atoms with Crippen molar-refractivity contribution >= 4 is 15.8 Å². The van der Waals surface area contributed by atoms with Crippen LogP contribution in [0.2, 0.25) is 0 Å². The first-order valence-corrected chi connectivity index (χ1v) is 12.7. The summed E-state index contributed by atoms with van der Waals surface area (Å²) in [6, 6.07) is 22.1. The highest BCUT2D eigenvalue weighted by molar-refractivity contribution is 7.90. The number of hydrogen-bond donors (Lipinski definition) is 0. The molecule has 1 fully saturated rings. The molecule has 0 spiro atoms. The van der Waals surface area contributed by atoms with Crippen LogP contribution in [0.15, 0.2) is 78.9 Å². The largest absolute Gasteiger partial charge is 0.455 e. The zero-order valence-electron chi connectivity index (χ0n) is 18.7. The van der Waals surface area contributed by atoms with Gasteiger partial charge in [0.15, 0.2) is 15.4 Å². The summed E-state index contributed by atoms with van der Waals surface area (Å²) < 4.78 is 58.6. The van der Waals surface area contributed by atoms with E-state index in [0.29, 0.717) is 6.07 Å². The molecule has 0 unspecified atom stereocenters. The maximum Gasteiger partial charge on any atom is 0.303 e. The second-order valence-corrected chi connectivity index (χ2v) is 10.8. The molecule has 8 heteroatoms. The van der Waals surface area contributed by atoms with Crippen LogP contribution in [0.3, 0.4) is 0 Å². The van der Waals surface area contributed by atoms with Gasteiger partial charge in [0, 0.05) is 26.1 Å². The molecule has 0 atom stereocenters. The maximum atomic E-state index is 13.5. The second-order valence-electron chi connectivity index (χ2n) is 8.72. The van der Waals surface area contributed by atoms with Crippen LogP contribution in [0, 0.1) is 11.6 Å². The van der Waals surface area contributed by atoms with Crippen molar-refractivity contribution in [1.82, 2.24) is 4.90 Å². The van der Waals surface area contributed by atoms with Crippen LogP contribution in [0.1, 0.15) is 29.7 Å². The van der Waals surface area contributed by atoms with Gasteiger partial charge in [-0.3, -0.25) is 9.69 Å². The molecule has 3 aromatic rings. The van der Waals surface area contributed by atoms with Crippen molar-refractivity contribution in [2.24, 2.45) is 0 Å². The number of esters is 1. The first kappa shape index (κ1) is 24.0. The van der Waals surface area contributed by atoms with Crippen LogP contribution in [0.25, 0.3) is 0 Å². The van der Waals surface area contributed by atoms with Gasteiger partial charge in [-0.2, -0.15) is 0 Å². The molecular weight excluding hydrogens is 460 g/mol. The predicted octanol–water partition coefficient (Wildman–Crippen LogP) is 4.29. The third-order valence-electron chi connectivity index (χ3n) is 5.73. The van der Waals surface area contributed by atoms with Gasteiger partial charge in [-0.25, -0.2) is 17.2 Å². The quantitative estimate of drug-likeness (QED) is 0.446. The number of ether oxygens (including phenoxy) is 1. The molecule has 1 saturated heterocycles. The van der Waals surface area contributed by atoms with Gasteiger partial charge in [-0.15, -0.1) is 0 Å². The summed E-state index contributed by atoms with van der Waals surface area (Å²) >= 11 is 0. The van der Waals surface area contributed by atoms with Gasteiger partial charge in [-0.05, 0) is 28.8 Å². The monoisotopic (exact) mass is 485 g/mol. The molecule has 34 heavy (non-hydrogen) atoms. The molecule has 1 aliphatic heterocycles. The van der Waals surface area contributed by atoms with Gasteiger partial charge in [0.2, 0.25) is 0 Å². The van der Waals surface area contributed by atoms with E-state index in [-0.39, 0.29) is 24.7 Å². The van der Waals surface area contributed by atoms with E-state index >= 15 is 0 Å². The fourth-order valence-corrected chi connectivity index (χ4v) is 6.47. The van der Waals surface area contributed by atoms with E-state index in [4.69, 9.17) is 4.74 Å². The molecule has 178 valence electrons. The lowest BCUT2D eigenvalue weighted by molar-refractivity contribution is -0.175. The average Bonchev–Trinajstić information content (AvgIpc) is 2.72. The van der Waals surface area contributed by atoms with Crippen molar-refractivity contribution in [3.8, 4) is 0 Å². The maximum absolute atomic E-state index is 13.5. The molecule has 0 bridgehead atoms. The fourth-order valence-electron chi connectivity index (χ4n) is 4.65. The number of likely N-dealkylation sites (tertiary alicyclic amines) is 1. The zero-order valence-corrected chi connectivity index (χ0v) is 19.5. The standard InChI is InChI=1S/C26H25F2NO4S/c1-19(30)33-26(18-34(31,32)15-20-12-23(27)14-24(28)13-20)16-29(17-26)25(21-8-4-2-5-9-21)22-10-6-3-7-11-22/h2-14,25H,15-18H2,1H3. The molecule has 0 aliphatic carbocycles. The van der Waals surface area contributed by atoms with Crippen molar-refractivity contribution in [3.05, 3.63) is 107 Å². The first-order valence-electron chi connectivity index (χ1n) is 10.8. The Morgan fingerprint density at radius 1 is 0.941 bits per heavy atom. The SMILES string of the molecule is CC(=O)OC1(CS(=O)(=O)Cc2cc(F)cc(F)c2)CN(C(c2ccccc2)c2ccccc2)C1. The van der Waals surface area contributed by atoms with E-state index < -0.39 is 44.5 Å². The number of benzene rings is 3. The summed E-state index contributed by atoms with van der Waals surface area (Å²) in [6.45, 7) is 1.65. The molecule has 1 aliphatic rings. The highest BCUT2D eigenvalue weighted by Crippen LogP contribution is 2.38. The Bertz CT molecular complexity index is 1200. The molecule has 3 aromatic carbocycles. The normalized spacial score (nSPS) is 15.6. The smallest absolute Gasteiger partial charge is 0.303 e. The van der Waals surface area contributed by atoms with E-state index in [1.165, 1.54) is 6.92 Å². The Labute approximate surface area is 197 Å². The van der Waals surface area contributed by atoms with Crippen LogP contribution in [0.4, 0.5) is 8.78 Å². The second kappa shape index (κ2) is 9.64. The Morgan fingerprint density at radius 2 is 1.44 bits per heavy atom. The summed E-state index contributed by atoms with van der Waals surface area (Å²) in [5, 5.41) is 0. The lowest BCUT2D eigenvalue weighted by atomic mass is 9.88. The molecular formula is C26H25F2NO4S. The van der Waals surface area contributed by atoms with Crippen molar-refractivity contribution in [3.63, 3.8) is 0 Å². The van der Waals surface area contributed by atoms with E-state index in [1.807, 2.05) is 60.7 Å². The van der Waals surface area contributed by atoms with E-state index in [1.54, 1.807) is 0 Å². The van der Waals surface area contributed by atoms with E-state index in [9.17, 15) is 22.0 Å². The number of rotatable bonds is 8. The number of hydrogen-bond acceptors (Lipinski definition) is 5. The van der Waals surface area contributed by atoms with E-state index in [2.05, 4.69) is 4.90 Å². The highest BCUT2D eigenvalue weighted by Gasteiger charge is 2.51. The Morgan fingerprint density at radius 3 is 1.91 bits per heavy atom. The minimum Gasteiger partial charge on any atom is -0.455 e. The van der Waals surface area contributed by atoms with E-state index in [0.717, 1.165) is 23.3 Å². The minimum absolute atomic E-state index is 0.0121. The number of halogens is 2. The van der Waals surface area contributed by atoms with Crippen LogP contribution < -0.4 is 0 Å². The summed E-state index contributed by atoms with van der Waals surface area (Å²) in [5.41, 5.74) is 0.836. The average molecular weight is 486 g/mol. The third-order valence-corrected chi connectivity index (χ3v) is 7.47. The topological polar surface area (TPSA) is 63.7 Å². The molecule has 5 nitrogen and oxygen atoms in total. The summed E-state index contributed by atoms with van der Waals surface area (Å²) in [7, 11) is -3.85. The van der Waals surface area contributed by atoms with Gasteiger partial charge < -0.3 is 4.74 Å². The van der Waals surface area contributed by atoms with Crippen LogP contribution >= 0.6 is 0 Å². The number of sulfone groups is 1. The number of carbonyl (C=O) groups is 1. The van der Waals surface area contributed by atoms with Crippen LogP contribution in [0.5, 0.6) is 0 Å². The Kier molecular flexibility index (Phi) is 6.81. The van der Waals surface area contributed by atoms with Crippen molar-refractivity contribution in [2.45, 2.75) is 24.3 Å². The Hall–Kier alpha value is -3.10. The summed E-state index contributed by atoms with van der Waals surface area (Å²) in [6.07, 6.45) is 0. The van der Waals surface area contributed by atoms with Crippen molar-refractivity contribution in [1.29, 1.82) is 0 Å². The van der Waals surface area contributed by atoms with Crippen LogP contribution in [-0.2, 0) is 25.1 Å². The molecule has 0 amide bonds. The summed E-state index contributed by atoms with van der Waals surface area (Å²) in [4.78, 5) is 13.9.